The van der Waals surface area contributed by atoms with E-state index in [0.29, 0.717) is 6.42 Å². The van der Waals surface area contributed by atoms with Crippen molar-refractivity contribution < 1.29 is 4.79 Å². The van der Waals surface area contributed by atoms with Crippen molar-refractivity contribution in [2.45, 2.75) is 45.1 Å². The van der Waals surface area contributed by atoms with Crippen LogP contribution in [-0.4, -0.2) is 50.1 Å². The topological polar surface area (TPSA) is 44.4 Å². The lowest BCUT2D eigenvalue weighted by molar-refractivity contribution is -0.120. The second-order valence-corrected chi connectivity index (χ2v) is 4.87. The van der Waals surface area contributed by atoms with Crippen molar-refractivity contribution in [3.05, 3.63) is 0 Å². The van der Waals surface area contributed by atoms with Gasteiger partial charge in [0.15, 0.2) is 0 Å². The molecule has 1 atom stereocenters. The minimum absolute atomic E-state index is 0.148. The summed E-state index contributed by atoms with van der Waals surface area (Å²) in [4.78, 5) is 13.7. The maximum Gasteiger partial charge on any atom is 0.221 e. The molecule has 0 radical (unpaired) electrons. The first-order chi connectivity index (χ1) is 8.24. The quantitative estimate of drug-likeness (QED) is 0.653. The van der Waals surface area contributed by atoms with E-state index in [9.17, 15) is 4.79 Å². The van der Waals surface area contributed by atoms with Crippen LogP contribution in [0.2, 0.25) is 0 Å². The first-order valence-electron chi connectivity index (χ1n) is 6.91. The lowest BCUT2D eigenvalue weighted by Crippen LogP contribution is -2.38. The Morgan fingerprint density at radius 3 is 2.88 bits per heavy atom. The first-order valence-corrected chi connectivity index (χ1v) is 6.91. The second-order valence-electron chi connectivity index (χ2n) is 4.87. The minimum atomic E-state index is 0.148. The van der Waals surface area contributed by atoms with Crippen LogP contribution in [0.4, 0.5) is 0 Å². The fourth-order valence-corrected chi connectivity index (χ4v) is 2.39. The van der Waals surface area contributed by atoms with Crippen LogP contribution in [0.1, 0.15) is 39.0 Å². The molecule has 0 bridgehead atoms. The average Bonchev–Trinajstić information content (AvgIpc) is 2.31. The molecule has 0 aromatic heterocycles. The van der Waals surface area contributed by atoms with E-state index in [1.165, 1.54) is 32.2 Å². The van der Waals surface area contributed by atoms with Crippen molar-refractivity contribution in [3.8, 4) is 0 Å². The molecule has 1 saturated heterocycles. The third-order valence-electron chi connectivity index (χ3n) is 3.48. The third kappa shape index (κ3) is 6.03. The average molecular weight is 241 g/mol. The smallest absolute Gasteiger partial charge is 0.221 e. The summed E-state index contributed by atoms with van der Waals surface area (Å²) >= 11 is 0. The molecule has 100 valence electrons. The van der Waals surface area contributed by atoms with Crippen LogP contribution >= 0.6 is 0 Å². The van der Waals surface area contributed by atoms with Gasteiger partial charge in [-0.05, 0) is 46.3 Å². The fourth-order valence-electron chi connectivity index (χ4n) is 2.39. The molecular weight excluding hydrogens is 214 g/mol. The molecule has 0 aromatic carbocycles. The molecule has 1 fully saturated rings. The van der Waals surface area contributed by atoms with Gasteiger partial charge in [-0.25, -0.2) is 0 Å². The van der Waals surface area contributed by atoms with Crippen molar-refractivity contribution in [2.75, 3.05) is 33.2 Å². The summed E-state index contributed by atoms with van der Waals surface area (Å²) in [6.45, 7) is 5.73. The van der Waals surface area contributed by atoms with Gasteiger partial charge in [0.2, 0.25) is 5.91 Å². The molecule has 1 rings (SSSR count). The number of amides is 1. The predicted molar refractivity (Wildman–Crippen MR) is 71.1 cm³/mol. The summed E-state index contributed by atoms with van der Waals surface area (Å²) in [7, 11) is 2.22. The Morgan fingerprint density at radius 2 is 2.18 bits per heavy atom. The van der Waals surface area contributed by atoms with E-state index in [1.807, 2.05) is 6.92 Å². The van der Waals surface area contributed by atoms with Crippen LogP contribution in [-0.2, 0) is 4.79 Å². The molecular formula is C13H27N3O. The third-order valence-corrected chi connectivity index (χ3v) is 3.48. The number of carbonyl (C=O) groups excluding carboxylic acids is 1. The highest BCUT2D eigenvalue weighted by atomic mass is 16.1. The van der Waals surface area contributed by atoms with Gasteiger partial charge in [0.1, 0.15) is 0 Å². The monoisotopic (exact) mass is 241 g/mol. The van der Waals surface area contributed by atoms with Gasteiger partial charge in [0, 0.05) is 25.6 Å². The molecule has 1 aliphatic heterocycles. The zero-order valence-corrected chi connectivity index (χ0v) is 11.3. The van der Waals surface area contributed by atoms with E-state index < -0.39 is 0 Å². The van der Waals surface area contributed by atoms with Gasteiger partial charge in [-0.2, -0.15) is 0 Å². The first kappa shape index (κ1) is 14.5. The van der Waals surface area contributed by atoms with Crippen LogP contribution in [0.3, 0.4) is 0 Å². The van der Waals surface area contributed by atoms with Crippen molar-refractivity contribution in [3.63, 3.8) is 0 Å². The normalized spacial score (nSPS) is 21.4. The summed E-state index contributed by atoms with van der Waals surface area (Å²) in [6, 6.07) is 0.737. The number of rotatable bonds is 7. The number of piperidine rings is 1. The highest BCUT2D eigenvalue weighted by Crippen LogP contribution is 2.16. The van der Waals surface area contributed by atoms with Gasteiger partial charge >= 0.3 is 0 Å². The fraction of sp³-hybridized carbons (Fsp3) is 0.923. The van der Waals surface area contributed by atoms with E-state index >= 15 is 0 Å². The van der Waals surface area contributed by atoms with Gasteiger partial charge in [-0.15, -0.1) is 0 Å². The minimum Gasteiger partial charge on any atom is -0.356 e. The Kier molecular flexibility index (Phi) is 7.21. The predicted octanol–water partition coefficient (Wildman–Crippen LogP) is 0.977. The molecule has 0 spiro atoms. The molecule has 2 N–H and O–H groups in total. The van der Waals surface area contributed by atoms with Crippen molar-refractivity contribution in [1.82, 2.24) is 15.5 Å². The summed E-state index contributed by atoms with van der Waals surface area (Å²) in [5, 5.41) is 6.16. The van der Waals surface area contributed by atoms with Crippen molar-refractivity contribution in [1.29, 1.82) is 0 Å². The Labute approximate surface area is 105 Å². The van der Waals surface area contributed by atoms with Gasteiger partial charge in [0.05, 0.1) is 0 Å². The standard InChI is InChI=1S/C13H27N3O/c1-3-15-13(17)8-10-14-9-7-12-6-4-5-11-16(12)2/h12,14H,3-11H2,1-2H3,(H,15,17). The van der Waals surface area contributed by atoms with Crippen LogP contribution in [0.5, 0.6) is 0 Å². The largest absolute Gasteiger partial charge is 0.356 e. The highest BCUT2D eigenvalue weighted by Gasteiger charge is 2.17. The highest BCUT2D eigenvalue weighted by molar-refractivity contribution is 5.75. The number of nitrogens with one attached hydrogen (secondary N) is 2. The van der Waals surface area contributed by atoms with E-state index in [4.69, 9.17) is 0 Å². The molecule has 1 heterocycles. The second kappa shape index (κ2) is 8.48. The van der Waals surface area contributed by atoms with Gasteiger partial charge < -0.3 is 15.5 Å². The summed E-state index contributed by atoms with van der Waals surface area (Å²) < 4.78 is 0. The Hall–Kier alpha value is -0.610. The van der Waals surface area contributed by atoms with Crippen LogP contribution in [0.15, 0.2) is 0 Å². The zero-order valence-electron chi connectivity index (χ0n) is 11.3. The van der Waals surface area contributed by atoms with E-state index in [2.05, 4.69) is 22.6 Å². The van der Waals surface area contributed by atoms with E-state index in [-0.39, 0.29) is 5.91 Å². The summed E-state index contributed by atoms with van der Waals surface area (Å²) in [5.41, 5.74) is 0. The van der Waals surface area contributed by atoms with E-state index in [0.717, 1.165) is 25.7 Å². The maximum absolute atomic E-state index is 11.2. The van der Waals surface area contributed by atoms with Crippen LogP contribution in [0, 0.1) is 0 Å². The molecule has 1 amide bonds. The van der Waals surface area contributed by atoms with Crippen LogP contribution < -0.4 is 10.6 Å². The molecule has 0 aromatic rings. The van der Waals surface area contributed by atoms with Gasteiger partial charge in [0.25, 0.3) is 0 Å². The molecule has 4 heteroatoms. The van der Waals surface area contributed by atoms with E-state index in [1.54, 1.807) is 0 Å². The number of likely N-dealkylation sites (tertiary alicyclic amines) is 1. The lowest BCUT2D eigenvalue weighted by atomic mass is 10.0. The zero-order chi connectivity index (χ0) is 12.5. The summed E-state index contributed by atoms with van der Waals surface area (Å²) in [6.07, 6.45) is 5.83. The number of hydrogen-bond acceptors (Lipinski definition) is 3. The molecule has 1 aliphatic rings. The van der Waals surface area contributed by atoms with Gasteiger partial charge in [-0.1, -0.05) is 6.42 Å². The molecule has 4 nitrogen and oxygen atoms in total. The molecule has 17 heavy (non-hydrogen) atoms. The Balaban J connectivity index is 1.98. The molecule has 0 aliphatic carbocycles. The van der Waals surface area contributed by atoms with Crippen molar-refractivity contribution in [2.24, 2.45) is 0 Å². The lowest BCUT2D eigenvalue weighted by Gasteiger charge is -2.32. The molecule has 0 saturated carbocycles. The Morgan fingerprint density at radius 1 is 1.35 bits per heavy atom. The van der Waals surface area contributed by atoms with Gasteiger partial charge in [-0.3, -0.25) is 4.79 Å². The maximum atomic E-state index is 11.2. The van der Waals surface area contributed by atoms with Crippen LogP contribution in [0.25, 0.3) is 0 Å². The van der Waals surface area contributed by atoms with Crippen molar-refractivity contribution >= 4 is 5.91 Å². The number of carbonyl (C=O) groups is 1. The summed E-state index contributed by atoms with van der Waals surface area (Å²) in [5.74, 6) is 0.148. The number of hydrogen-bond donors (Lipinski definition) is 2. The SMILES string of the molecule is CCNC(=O)CCNCCC1CCCCN1C. The molecule has 1 unspecified atom stereocenters. The Bertz CT molecular complexity index is 221. The number of nitrogens with zero attached hydrogens (tertiary/aromatic N) is 1.